The number of furan rings is 1. The maximum atomic E-state index is 13.5. The van der Waals surface area contributed by atoms with Crippen LogP contribution in [0.4, 0.5) is 16.6 Å². The summed E-state index contributed by atoms with van der Waals surface area (Å²) in [4.78, 5) is 21.9. The Morgan fingerprint density at radius 1 is 1.14 bits per heavy atom. The van der Waals surface area contributed by atoms with Crippen LogP contribution in [0.1, 0.15) is 73.5 Å². The fraction of sp³-hybridized carbons (Fsp3) is 0.467. The van der Waals surface area contributed by atoms with Gasteiger partial charge in [0.05, 0.1) is 11.8 Å². The lowest BCUT2D eigenvalue weighted by molar-refractivity contribution is 0.102. The van der Waals surface area contributed by atoms with Gasteiger partial charge in [0, 0.05) is 34.7 Å². The third kappa shape index (κ3) is 5.96. The van der Waals surface area contributed by atoms with Crippen LogP contribution in [0, 0.1) is 17.3 Å². The van der Waals surface area contributed by atoms with E-state index in [4.69, 9.17) is 21.0 Å². The third-order valence-corrected chi connectivity index (χ3v) is 9.23. The molecule has 1 fully saturated rings. The molecular formula is C30H36ClN3O2S. The molecule has 0 bridgehead atoms. The number of amides is 1. The van der Waals surface area contributed by atoms with Crippen molar-refractivity contribution in [2.75, 3.05) is 23.3 Å². The van der Waals surface area contributed by atoms with Crippen molar-refractivity contribution >= 4 is 51.6 Å². The zero-order valence-electron chi connectivity index (χ0n) is 22.1. The minimum absolute atomic E-state index is 0.122. The summed E-state index contributed by atoms with van der Waals surface area (Å²) >= 11 is 7.68. The fourth-order valence-corrected chi connectivity index (χ4v) is 6.69. The summed E-state index contributed by atoms with van der Waals surface area (Å²) in [5, 5.41) is 4.44. The van der Waals surface area contributed by atoms with Crippen LogP contribution in [0.3, 0.4) is 0 Å². The molecule has 5 nitrogen and oxygen atoms in total. The van der Waals surface area contributed by atoms with Gasteiger partial charge in [-0.15, -0.1) is 11.3 Å². The first-order valence-corrected chi connectivity index (χ1v) is 14.5. The molecule has 2 aliphatic rings. The van der Waals surface area contributed by atoms with Crippen LogP contribution in [-0.4, -0.2) is 25.2 Å². The lowest BCUT2D eigenvalue weighted by Gasteiger charge is -2.33. The van der Waals surface area contributed by atoms with Gasteiger partial charge in [0.15, 0.2) is 5.88 Å². The number of nitrogens with zero attached hydrogens (tertiary/aromatic N) is 2. The van der Waals surface area contributed by atoms with Crippen molar-refractivity contribution in [2.24, 2.45) is 22.2 Å². The number of hydrogen-bond donors (Lipinski definition) is 1. The highest BCUT2D eigenvalue weighted by Crippen LogP contribution is 2.45. The zero-order valence-corrected chi connectivity index (χ0v) is 23.7. The monoisotopic (exact) mass is 537 g/mol. The van der Waals surface area contributed by atoms with Crippen LogP contribution in [-0.2, 0) is 12.8 Å². The molecule has 0 radical (unpaired) electrons. The Labute approximate surface area is 228 Å². The summed E-state index contributed by atoms with van der Waals surface area (Å²) in [5.41, 5.74) is 2.79. The molecule has 5 rings (SSSR count). The second-order valence-corrected chi connectivity index (χ2v) is 13.1. The highest BCUT2D eigenvalue weighted by Gasteiger charge is 2.33. The number of carbonyl (C=O) groups excluding carboxylic acids is 1. The normalized spacial score (nSPS) is 18.8. The summed E-state index contributed by atoms with van der Waals surface area (Å²) < 4.78 is 6.12. The lowest BCUT2D eigenvalue weighted by atomic mass is 9.72. The van der Waals surface area contributed by atoms with Crippen molar-refractivity contribution in [1.82, 2.24) is 0 Å². The van der Waals surface area contributed by atoms with E-state index >= 15 is 0 Å². The van der Waals surface area contributed by atoms with Gasteiger partial charge < -0.3 is 14.6 Å². The fourth-order valence-electron chi connectivity index (χ4n) is 5.30. The van der Waals surface area contributed by atoms with E-state index in [-0.39, 0.29) is 11.3 Å². The molecule has 3 heterocycles. The SMILES string of the molecule is CC1CCN(c2ccc(C=Nc3sc4c(c3C(=O)Nc3ccc(Cl)cc3)CC[C@@H](C(C)(C)C)C4)o2)CC1. The number of hydrogen-bond acceptors (Lipinski definition) is 5. The Bertz CT molecular complexity index is 1280. The quantitative estimate of drug-likeness (QED) is 0.332. The van der Waals surface area contributed by atoms with Crippen LogP contribution in [0.15, 0.2) is 45.8 Å². The molecule has 1 saturated heterocycles. The number of halogens is 1. The van der Waals surface area contributed by atoms with Gasteiger partial charge >= 0.3 is 0 Å². The molecule has 37 heavy (non-hydrogen) atoms. The van der Waals surface area contributed by atoms with E-state index in [2.05, 4.69) is 37.9 Å². The van der Waals surface area contributed by atoms with Gasteiger partial charge in [0.2, 0.25) is 0 Å². The largest absolute Gasteiger partial charge is 0.440 e. The standard InChI is InChI=1S/C30H36ClN3O2S/c1-19-13-15-34(16-14-19)26-12-10-23(36-26)18-32-29-27(28(35)33-22-8-6-21(31)7-9-22)24-11-5-20(30(2,3)4)17-25(24)37-29/h6-10,12,18-20H,5,11,13-17H2,1-4H3,(H,33,35)/t20-/m1/s1. The predicted molar refractivity (Wildman–Crippen MR) is 155 cm³/mol. The van der Waals surface area contributed by atoms with E-state index in [1.165, 1.54) is 17.7 Å². The average molecular weight is 538 g/mol. The molecule has 1 aliphatic heterocycles. The van der Waals surface area contributed by atoms with Gasteiger partial charge in [-0.2, -0.15) is 0 Å². The molecule has 2 aromatic heterocycles. The maximum absolute atomic E-state index is 13.5. The van der Waals surface area contributed by atoms with Crippen LogP contribution in [0.5, 0.6) is 0 Å². The Kier molecular flexibility index (Phi) is 7.51. The highest BCUT2D eigenvalue weighted by molar-refractivity contribution is 7.16. The maximum Gasteiger partial charge on any atom is 0.259 e. The topological polar surface area (TPSA) is 57.8 Å². The number of thiophene rings is 1. The smallest absolute Gasteiger partial charge is 0.259 e. The summed E-state index contributed by atoms with van der Waals surface area (Å²) in [7, 11) is 0. The Balaban J connectivity index is 1.42. The zero-order chi connectivity index (χ0) is 26.2. The van der Waals surface area contributed by atoms with E-state index in [1.54, 1.807) is 29.7 Å². The van der Waals surface area contributed by atoms with Gasteiger partial charge in [0.25, 0.3) is 5.91 Å². The van der Waals surface area contributed by atoms with Gasteiger partial charge in [0.1, 0.15) is 10.8 Å². The van der Waals surface area contributed by atoms with Gasteiger partial charge in [-0.25, -0.2) is 4.99 Å². The van der Waals surface area contributed by atoms with Crippen molar-refractivity contribution in [2.45, 2.75) is 59.8 Å². The van der Waals surface area contributed by atoms with E-state index < -0.39 is 0 Å². The Morgan fingerprint density at radius 2 is 1.86 bits per heavy atom. The molecule has 0 saturated carbocycles. The molecule has 3 aromatic rings. The van der Waals surface area contributed by atoms with Crippen LogP contribution in [0.2, 0.25) is 5.02 Å². The lowest BCUT2D eigenvalue weighted by Crippen LogP contribution is -2.32. The van der Waals surface area contributed by atoms with Crippen LogP contribution in [0.25, 0.3) is 0 Å². The molecule has 1 N–H and O–H groups in total. The second kappa shape index (κ2) is 10.7. The first-order chi connectivity index (χ1) is 17.7. The molecule has 7 heteroatoms. The molecule has 1 aromatic carbocycles. The van der Waals surface area contributed by atoms with Crippen molar-refractivity contribution in [1.29, 1.82) is 0 Å². The summed E-state index contributed by atoms with van der Waals surface area (Å²) in [6, 6.07) is 11.2. The molecule has 196 valence electrons. The summed E-state index contributed by atoms with van der Waals surface area (Å²) in [6.45, 7) is 11.3. The van der Waals surface area contributed by atoms with Gasteiger partial charge in [-0.1, -0.05) is 39.3 Å². The molecule has 0 spiro atoms. The minimum Gasteiger partial charge on any atom is -0.440 e. The van der Waals surface area contributed by atoms with E-state index in [0.717, 1.165) is 60.4 Å². The Morgan fingerprint density at radius 3 is 2.57 bits per heavy atom. The average Bonchev–Trinajstić information content (AvgIpc) is 3.48. The van der Waals surface area contributed by atoms with Crippen molar-refractivity contribution in [3.05, 3.63) is 63.2 Å². The number of rotatable bonds is 5. The second-order valence-electron chi connectivity index (χ2n) is 11.6. The van der Waals surface area contributed by atoms with Crippen molar-refractivity contribution in [3.8, 4) is 0 Å². The number of anilines is 2. The van der Waals surface area contributed by atoms with Crippen molar-refractivity contribution in [3.63, 3.8) is 0 Å². The Hall–Kier alpha value is -2.57. The third-order valence-electron chi connectivity index (χ3n) is 7.82. The number of fused-ring (bicyclic) bond motifs is 1. The van der Waals surface area contributed by atoms with Crippen molar-refractivity contribution < 1.29 is 9.21 Å². The molecule has 1 amide bonds. The van der Waals surface area contributed by atoms with E-state index in [0.29, 0.717) is 22.3 Å². The minimum atomic E-state index is -0.122. The van der Waals surface area contributed by atoms with E-state index in [1.807, 2.05) is 24.3 Å². The number of aliphatic imine (C=N–C) groups is 1. The molecular weight excluding hydrogens is 502 g/mol. The first kappa shape index (κ1) is 26.1. The summed E-state index contributed by atoms with van der Waals surface area (Å²) in [5.74, 6) is 2.84. The molecule has 1 atom stereocenters. The van der Waals surface area contributed by atoms with Gasteiger partial charge in [-0.3, -0.25) is 4.79 Å². The van der Waals surface area contributed by atoms with Gasteiger partial charge in [-0.05, 0) is 85.3 Å². The highest BCUT2D eigenvalue weighted by atomic mass is 35.5. The number of benzene rings is 1. The number of carbonyl (C=O) groups is 1. The number of nitrogens with one attached hydrogen (secondary N) is 1. The number of piperidine rings is 1. The first-order valence-electron chi connectivity index (χ1n) is 13.3. The van der Waals surface area contributed by atoms with E-state index in [9.17, 15) is 4.79 Å². The van der Waals surface area contributed by atoms with Crippen LogP contribution >= 0.6 is 22.9 Å². The molecule has 0 unspecified atom stereocenters. The molecule has 1 aliphatic carbocycles. The van der Waals surface area contributed by atoms with Crippen LogP contribution < -0.4 is 10.2 Å². The summed E-state index contributed by atoms with van der Waals surface area (Å²) in [6.07, 6.45) is 7.09. The predicted octanol–water partition coefficient (Wildman–Crippen LogP) is 8.38.